The molecule has 0 aliphatic rings. The number of H-pyrrole nitrogens is 2. The van der Waals surface area contributed by atoms with Gasteiger partial charge in [-0.2, -0.15) is 0 Å². The highest BCUT2D eigenvalue weighted by atomic mass is 16.5. The summed E-state index contributed by atoms with van der Waals surface area (Å²) in [4.78, 5) is 44.4. The van der Waals surface area contributed by atoms with E-state index in [9.17, 15) is 14.4 Å². The molecule has 3 heterocycles. The minimum atomic E-state index is -0.662. The second kappa shape index (κ2) is 11.5. The Bertz CT molecular complexity index is 1790. The number of nitrogens with zero attached hydrogens (tertiary/aromatic N) is 4. The van der Waals surface area contributed by atoms with Gasteiger partial charge in [-0.05, 0) is 29.0 Å². The lowest BCUT2D eigenvalue weighted by atomic mass is 9.98. The quantitative estimate of drug-likeness (QED) is 0.268. The Balaban J connectivity index is 1.52. The minimum absolute atomic E-state index is 0.00222. The van der Waals surface area contributed by atoms with Crippen molar-refractivity contribution in [3.63, 3.8) is 0 Å². The lowest BCUT2D eigenvalue weighted by molar-refractivity contribution is 0.388. The van der Waals surface area contributed by atoms with Gasteiger partial charge in [0.2, 0.25) is 5.89 Å². The van der Waals surface area contributed by atoms with Crippen LogP contribution in [0.3, 0.4) is 0 Å². The molecule has 40 heavy (non-hydrogen) atoms. The SMILES string of the molecule is CCCCc1nc(C(C)C)c(Cc2n[nH]c(=O)o2)c(=O)n1Cc1ccc(-c2ccccc2-c2noc(=O)[nH]2)cc1. The van der Waals surface area contributed by atoms with Crippen LogP contribution in [0.4, 0.5) is 0 Å². The van der Waals surface area contributed by atoms with Crippen molar-refractivity contribution in [2.45, 2.75) is 58.9 Å². The summed E-state index contributed by atoms with van der Waals surface area (Å²) in [6.45, 7) is 6.42. The van der Waals surface area contributed by atoms with Gasteiger partial charge in [0.15, 0.2) is 5.82 Å². The average molecular weight is 543 g/mol. The van der Waals surface area contributed by atoms with Crippen molar-refractivity contribution in [3.8, 4) is 22.5 Å². The Kier molecular flexibility index (Phi) is 7.72. The average Bonchev–Trinajstić information content (AvgIpc) is 3.58. The molecule has 0 atom stereocenters. The number of hydrogen-bond acceptors (Lipinski definition) is 8. The molecule has 0 bridgehead atoms. The predicted molar refractivity (Wildman–Crippen MR) is 148 cm³/mol. The van der Waals surface area contributed by atoms with Gasteiger partial charge in [-0.3, -0.25) is 18.9 Å². The summed E-state index contributed by atoms with van der Waals surface area (Å²) >= 11 is 0. The zero-order chi connectivity index (χ0) is 28.2. The van der Waals surface area contributed by atoms with Gasteiger partial charge in [-0.1, -0.05) is 80.9 Å². The van der Waals surface area contributed by atoms with Crippen LogP contribution in [0.25, 0.3) is 22.5 Å². The predicted octanol–water partition coefficient (Wildman–Crippen LogP) is 4.04. The maximum Gasteiger partial charge on any atom is 0.439 e. The molecule has 0 radical (unpaired) electrons. The monoisotopic (exact) mass is 542 g/mol. The fourth-order valence-electron chi connectivity index (χ4n) is 4.74. The topological polar surface area (TPSA) is 153 Å². The van der Waals surface area contributed by atoms with Crippen LogP contribution in [0, 0.1) is 0 Å². The van der Waals surface area contributed by atoms with Gasteiger partial charge in [0.05, 0.1) is 18.7 Å². The van der Waals surface area contributed by atoms with Gasteiger partial charge in [0.1, 0.15) is 5.82 Å². The molecule has 11 nitrogen and oxygen atoms in total. The van der Waals surface area contributed by atoms with E-state index < -0.39 is 11.5 Å². The fraction of sp³-hybridized carbons (Fsp3) is 0.310. The molecule has 5 aromatic rings. The molecule has 0 aliphatic carbocycles. The molecule has 0 saturated heterocycles. The van der Waals surface area contributed by atoms with Crippen molar-refractivity contribution in [2.75, 3.05) is 0 Å². The van der Waals surface area contributed by atoms with Crippen LogP contribution < -0.4 is 17.1 Å². The summed E-state index contributed by atoms with van der Waals surface area (Å²) in [7, 11) is 0. The standard InChI is InChI=1S/C29H30N6O5/c1-4-5-10-23-30-25(17(2)3)22(15-24-32-33-29(38)39-24)27(36)35(23)16-18-11-13-19(14-12-18)20-8-6-7-9-21(20)26-31-28(37)40-34-26/h6-9,11-14,17H,4-5,10,15-16H2,1-3H3,(H,33,38)(H,31,34,37). The number of rotatable bonds is 10. The number of unbranched alkanes of at least 4 members (excludes halogenated alkanes) is 1. The molecule has 0 amide bonds. The molecular weight excluding hydrogens is 512 g/mol. The maximum absolute atomic E-state index is 13.9. The Hall–Kier alpha value is -4.80. The molecule has 2 N–H and O–H groups in total. The first kappa shape index (κ1) is 26.8. The summed E-state index contributed by atoms with van der Waals surface area (Å²) in [5, 5.41) is 9.98. The number of aromatic amines is 2. The van der Waals surface area contributed by atoms with Crippen molar-refractivity contribution in [1.82, 2.24) is 29.9 Å². The van der Waals surface area contributed by atoms with Crippen molar-refractivity contribution in [3.05, 3.63) is 109 Å². The van der Waals surface area contributed by atoms with Crippen molar-refractivity contribution < 1.29 is 8.94 Å². The molecule has 5 rings (SSSR count). The number of nitrogens with one attached hydrogen (secondary N) is 2. The lowest BCUT2D eigenvalue weighted by Gasteiger charge is -2.19. The Morgan fingerprint density at radius 3 is 2.35 bits per heavy atom. The largest absolute Gasteiger partial charge is 0.439 e. The highest BCUT2D eigenvalue weighted by Crippen LogP contribution is 2.30. The molecule has 2 aromatic carbocycles. The molecule has 206 valence electrons. The van der Waals surface area contributed by atoms with Gasteiger partial charge in [0.25, 0.3) is 5.56 Å². The van der Waals surface area contributed by atoms with E-state index in [0.29, 0.717) is 30.0 Å². The van der Waals surface area contributed by atoms with Crippen LogP contribution in [0.1, 0.15) is 68.1 Å². The highest BCUT2D eigenvalue weighted by Gasteiger charge is 2.21. The van der Waals surface area contributed by atoms with Crippen LogP contribution >= 0.6 is 0 Å². The maximum atomic E-state index is 13.9. The molecule has 11 heteroatoms. The van der Waals surface area contributed by atoms with E-state index in [1.54, 1.807) is 4.57 Å². The van der Waals surface area contributed by atoms with E-state index in [0.717, 1.165) is 40.9 Å². The van der Waals surface area contributed by atoms with E-state index in [2.05, 4.69) is 27.3 Å². The third-order valence-corrected chi connectivity index (χ3v) is 6.71. The van der Waals surface area contributed by atoms with E-state index >= 15 is 0 Å². The van der Waals surface area contributed by atoms with Crippen LogP contribution in [-0.2, 0) is 19.4 Å². The summed E-state index contributed by atoms with van der Waals surface area (Å²) in [5.74, 6) is -0.0426. The van der Waals surface area contributed by atoms with Crippen LogP contribution in [0.2, 0.25) is 0 Å². The highest BCUT2D eigenvalue weighted by molar-refractivity contribution is 5.80. The van der Waals surface area contributed by atoms with Crippen molar-refractivity contribution in [1.29, 1.82) is 0 Å². The van der Waals surface area contributed by atoms with Crippen LogP contribution in [0.5, 0.6) is 0 Å². The first-order chi connectivity index (χ1) is 19.3. The molecular formula is C29H30N6O5. The first-order valence-electron chi connectivity index (χ1n) is 13.3. The van der Waals surface area contributed by atoms with Crippen LogP contribution in [0.15, 0.2) is 71.9 Å². The van der Waals surface area contributed by atoms with E-state index in [4.69, 9.17) is 13.9 Å². The zero-order valence-corrected chi connectivity index (χ0v) is 22.6. The number of aromatic nitrogens is 6. The van der Waals surface area contributed by atoms with Gasteiger partial charge < -0.3 is 4.42 Å². The van der Waals surface area contributed by atoms with Gasteiger partial charge in [-0.25, -0.2) is 19.7 Å². The molecule has 0 unspecified atom stereocenters. The molecule has 0 aliphatic heterocycles. The number of benzene rings is 2. The third-order valence-electron chi connectivity index (χ3n) is 6.71. The number of hydrogen-bond donors (Lipinski definition) is 2. The Morgan fingerprint density at radius 2 is 1.73 bits per heavy atom. The third kappa shape index (κ3) is 5.63. The van der Waals surface area contributed by atoms with Gasteiger partial charge >= 0.3 is 11.5 Å². The molecule has 3 aromatic heterocycles. The van der Waals surface area contributed by atoms with E-state index in [-0.39, 0.29) is 23.8 Å². The van der Waals surface area contributed by atoms with Crippen molar-refractivity contribution in [2.24, 2.45) is 0 Å². The molecule has 0 saturated carbocycles. The minimum Gasteiger partial charge on any atom is -0.392 e. The summed E-state index contributed by atoms with van der Waals surface area (Å²) in [6.07, 6.45) is 2.62. The normalized spacial score (nSPS) is 11.4. The summed E-state index contributed by atoms with van der Waals surface area (Å²) in [5.41, 5.74) is 4.46. The zero-order valence-electron chi connectivity index (χ0n) is 22.6. The lowest BCUT2D eigenvalue weighted by Crippen LogP contribution is -2.31. The van der Waals surface area contributed by atoms with Crippen LogP contribution in [-0.4, -0.2) is 29.9 Å². The molecule has 0 fully saturated rings. The summed E-state index contributed by atoms with van der Waals surface area (Å²) < 4.78 is 11.5. The van der Waals surface area contributed by atoms with Gasteiger partial charge in [0, 0.05) is 17.5 Å². The second-order valence-electron chi connectivity index (χ2n) is 9.91. The second-order valence-corrected chi connectivity index (χ2v) is 9.91. The smallest absolute Gasteiger partial charge is 0.392 e. The van der Waals surface area contributed by atoms with Crippen molar-refractivity contribution >= 4 is 0 Å². The number of aryl methyl sites for hydroxylation is 1. The Morgan fingerprint density at radius 1 is 0.975 bits per heavy atom. The first-order valence-corrected chi connectivity index (χ1v) is 13.3. The Labute approximate surface area is 228 Å². The fourth-order valence-corrected chi connectivity index (χ4v) is 4.74. The molecule has 0 spiro atoms. The summed E-state index contributed by atoms with van der Waals surface area (Å²) in [6, 6.07) is 15.5. The van der Waals surface area contributed by atoms with E-state index in [1.807, 2.05) is 62.4 Å². The van der Waals surface area contributed by atoms with E-state index in [1.165, 1.54) is 0 Å². The van der Waals surface area contributed by atoms with Gasteiger partial charge in [-0.15, -0.1) is 5.10 Å².